The number of rotatable bonds is 5. The van der Waals surface area contributed by atoms with Gasteiger partial charge in [-0.05, 0) is 48.6 Å². The third-order valence-corrected chi connectivity index (χ3v) is 8.60. The summed E-state index contributed by atoms with van der Waals surface area (Å²) >= 11 is 0. The molecule has 1 amide bonds. The molecule has 1 aliphatic carbocycles. The van der Waals surface area contributed by atoms with Crippen LogP contribution in [-0.2, 0) is 31.3 Å². The highest BCUT2D eigenvalue weighted by Gasteiger charge is 2.37. The highest BCUT2D eigenvalue weighted by atomic mass is 32.2. The molecule has 1 heterocycles. The predicted octanol–water partition coefficient (Wildman–Crippen LogP) is 2.12. The Morgan fingerprint density at radius 2 is 1.90 bits per heavy atom. The normalized spacial score (nSPS) is 20.8. The van der Waals surface area contributed by atoms with Crippen LogP contribution in [-0.4, -0.2) is 35.6 Å². The molecule has 10 heteroatoms. The first kappa shape index (κ1) is 20.8. The van der Waals surface area contributed by atoms with Gasteiger partial charge in [0.1, 0.15) is 10.6 Å². The summed E-state index contributed by atoms with van der Waals surface area (Å²) < 4.78 is 59.6. The number of methoxy groups -OCH3 is 1. The van der Waals surface area contributed by atoms with Crippen molar-refractivity contribution in [3.8, 4) is 5.75 Å². The second-order valence-corrected chi connectivity index (χ2v) is 10.9. The molecule has 2 aromatic rings. The Morgan fingerprint density at radius 1 is 1.13 bits per heavy atom. The van der Waals surface area contributed by atoms with Gasteiger partial charge >= 0.3 is 0 Å². The molecule has 30 heavy (non-hydrogen) atoms. The number of nitrogens with one attached hydrogen (secondary N) is 1. The number of carbonyl (C=O) groups excluding carboxylic acids is 1. The minimum atomic E-state index is -4.06. The van der Waals surface area contributed by atoms with Crippen molar-refractivity contribution in [1.82, 2.24) is 4.72 Å². The van der Waals surface area contributed by atoms with Crippen molar-refractivity contribution in [1.29, 1.82) is 0 Å². The summed E-state index contributed by atoms with van der Waals surface area (Å²) in [6.45, 7) is 0. The summed E-state index contributed by atoms with van der Waals surface area (Å²) in [7, 11) is -6.54. The molecule has 0 radical (unpaired) electrons. The molecule has 0 bridgehead atoms. The van der Waals surface area contributed by atoms with E-state index >= 15 is 0 Å². The molecule has 1 atom stereocenters. The van der Waals surface area contributed by atoms with Gasteiger partial charge in [0.05, 0.1) is 18.6 Å². The number of aryl methyl sites for hydroxylation is 1. The molecule has 1 saturated heterocycles. The van der Waals surface area contributed by atoms with E-state index in [0.29, 0.717) is 10.7 Å². The quantitative estimate of drug-likeness (QED) is 0.747. The molecule has 0 spiro atoms. The number of carbonyl (C=O) groups is 1. The second kappa shape index (κ2) is 7.68. The fraction of sp³-hybridized carbons (Fsp3) is 0.350. The lowest BCUT2D eigenvalue weighted by Crippen LogP contribution is -2.32. The van der Waals surface area contributed by atoms with E-state index in [9.17, 15) is 21.6 Å². The fourth-order valence-corrected chi connectivity index (χ4v) is 6.89. The van der Waals surface area contributed by atoms with Gasteiger partial charge in [-0.1, -0.05) is 24.3 Å². The molecule has 1 fully saturated rings. The van der Waals surface area contributed by atoms with Crippen LogP contribution < -0.4 is 13.8 Å². The number of anilines is 1. The van der Waals surface area contributed by atoms with Crippen LogP contribution in [0.3, 0.4) is 0 Å². The van der Waals surface area contributed by atoms with Crippen molar-refractivity contribution in [3.05, 3.63) is 53.6 Å². The summed E-state index contributed by atoms with van der Waals surface area (Å²) in [6.07, 6.45) is 2.26. The standard InChI is InChI=1S/C20H22N2O6S2/c1-28-18-10-9-15(22-20(23)11-12-29(22,24)25)13-19(18)30(26,27)21-17-8-4-6-14-5-2-3-7-16(14)17/h2-3,5,7,9-10,13,17,21H,4,6,8,11-12H2,1H3. The third-order valence-electron chi connectivity index (χ3n) is 5.42. The first-order valence-corrected chi connectivity index (χ1v) is 12.7. The van der Waals surface area contributed by atoms with Gasteiger partial charge in [-0.3, -0.25) is 4.79 Å². The van der Waals surface area contributed by atoms with Crippen LogP contribution in [0, 0.1) is 0 Å². The Labute approximate surface area is 176 Å². The number of benzene rings is 2. The van der Waals surface area contributed by atoms with E-state index in [-0.39, 0.29) is 28.5 Å². The van der Waals surface area contributed by atoms with Crippen LogP contribution in [0.5, 0.6) is 5.75 Å². The monoisotopic (exact) mass is 450 g/mol. The van der Waals surface area contributed by atoms with Gasteiger partial charge < -0.3 is 4.74 Å². The van der Waals surface area contributed by atoms with Crippen LogP contribution in [0.2, 0.25) is 0 Å². The molecule has 0 aromatic heterocycles. The Kier molecular flexibility index (Phi) is 5.33. The van der Waals surface area contributed by atoms with Gasteiger partial charge in [-0.2, -0.15) is 0 Å². The predicted molar refractivity (Wildman–Crippen MR) is 111 cm³/mol. The highest BCUT2D eigenvalue weighted by Crippen LogP contribution is 2.35. The summed E-state index contributed by atoms with van der Waals surface area (Å²) in [5, 5.41) is 0. The Hall–Kier alpha value is -2.43. The van der Waals surface area contributed by atoms with Gasteiger partial charge in [-0.25, -0.2) is 25.9 Å². The van der Waals surface area contributed by atoms with Crippen molar-refractivity contribution in [2.45, 2.75) is 36.6 Å². The number of nitrogens with zero attached hydrogens (tertiary/aromatic N) is 1. The Bertz CT molecular complexity index is 1210. The number of fused-ring (bicyclic) bond motifs is 1. The van der Waals surface area contributed by atoms with E-state index in [2.05, 4.69) is 4.72 Å². The maximum Gasteiger partial charge on any atom is 0.244 e. The summed E-state index contributed by atoms with van der Waals surface area (Å²) in [6, 6.07) is 11.2. The van der Waals surface area contributed by atoms with Crippen LogP contribution in [0.15, 0.2) is 47.4 Å². The molecular weight excluding hydrogens is 428 g/mol. The topological polar surface area (TPSA) is 110 Å². The summed E-state index contributed by atoms with van der Waals surface area (Å²) in [4.78, 5) is 11.9. The zero-order valence-electron chi connectivity index (χ0n) is 16.4. The molecule has 1 aliphatic heterocycles. The summed E-state index contributed by atoms with van der Waals surface area (Å²) in [5.41, 5.74) is 2.02. The lowest BCUT2D eigenvalue weighted by molar-refractivity contribution is -0.116. The fourth-order valence-electron chi connectivity index (χ4n) is 4.00. The molecular formula is C20H22N2O6S2. The zero-order chi connectivity index (χ0) is 21.5. The average Bonchev–Trinajstić information content (AvgIpc) is 3.00. The smallest absolute Gasteiger partial charge is 0.244 e. The number of amides is 1. The lowest BCUT2D eigenvalue weighted by Gasteiger charge is -2.26. The molecule has 4 rings (SSSR count). The number of ether oxygens (including phenoxy) is 1. The van der Waals surface area contributed by atoms with Gasteiger partial charge in [-0.15, -0.1) is 0 Å². The third kappa shape index (κ3) is 3.70. The Balaban J connectivity index is 1.73. The SMILES string of the molecule is COc1ccc(N2C(=O)CCS2(=O)=O)cc1S(=O)(=O)NC1CCCc2ccccc21. The minimum Gasteiger partial charge on any atom is -0.495 e. The van der Waals surface area contributed by atoms with Crippen molar-refractivity contribution >= 4 is 31.6 Å². The molecule has 1 N–H and O–H groups in total. The maximum absolute atomic E-state index is 13.3. The number of hydrogen-bond acceptors (Lipinski definition) is 6. The second-order valence-electron chi connectivity index (χ2n) is 7.32. The number of hydrogen-bond donors (Lipinski definition) is 1. The van der Waals surface area contributed by atoms with E-state index in [4.69, 9.17) is 4.74 Å². The van der Waals surface area contributed by atoms with Crippen LogP contribution >= 0.6 is 0 Å². The molecule has 2 aliphatic rings. The zero-order valence-corrected chi connectivity index (χ0v) is 18.0. The molecule has 8 nitrogen and oxygen atoms in total. The van der Waals surface area contributed by atoms with Gasteiger partial charge in [0.2, 0.25) is 26.0 Å². The van der Waals surface area contributed by atoms with E-state index in [1.165, 1.54) is 25.3 Å². The molecule has 2 aromatic carbocycles. The maximum atomic E-state index is 13.3. The largest absolute Gasteiger partial charge is 0.495 e. The lowest BCUT2D eigenvalue weighted by atomic mass is 9.88. The molecule has 160 valence electrons. The van der Waals surface area contributed by atoms with Crippen LogP contribution in [0.1, 0.15) is 36.4 Å². The van der Waals surface area contributed by atoms with Crippen LogP contribution in [0.4, 0.5) is 5.69 Å². The van der Waals surface area contributed by atoms with Crippen molar-refractivity contribution in [2.75, 3.05) is 17.2 Å². The van der Waals surface area contributed by atoms with E-state index in [0.717, 1.165) is 24.0 Å². The van der Waals surface area contributed by atoms with Crippen molar-refractivity contribution in [3.63, 3.8) is 0 Å². The van der Waals surface area contributed by atoms with Crippen molar-refractivity contribution < 1.29 is 26.4 Å². The van der Waals surface area contributed by atoms with Crippen LogP contribution in [0.25, 0.3) is 0 Å². The van der Waals surface area contributed by atoms with E-state index in [1.54, 1.807) is 0 Å². The first-order valence-electron chi connectivity index (χ1n) is 9.57. The first-order chi connectivity index (χ1) is 14.2. The van der Waals surface area contributed by atoms with Crippen molar-refractivity contribution in [2.24, 2.45) is 0 Å². The minimum absolute atomic E-state index is 0.0114. The van der Waals surface area contributed by atoms with E-state index < -0.39 is 32.0 Å². The molecule has 1 unspecified atom stereocenters. The average molecular weight is 451 g/mol. The highest BCUT2D eigenvalue weighted by molar-refractivity contribution is 7.94. The summed E-state index contributed by atoms with van der Waals surface area (Å²) in [5.74, 6) is -0.811. The van der Waals surface area contributed by atoms with Gasteiger partial charge in [0, 0.05) is 12.5 Å². The van der Waals surface area contributed by atoms with Gasteiger partial charge in [0.15, 0.2) is 0 Å². The van der Waals surface area contributed by atoms with Gasteiger partial charge in [0.25, 0.3) is 0 Å². The molecule has 0 saturated carbocycles. The number of sulfonamides is 2. The Morgan fingerprint density at radius 3 is 2.60 bits per heavy atom. The van der Waals surface area contributed by atoms with E-state index in [1.807, 2.05) is 24.3 Å².